The zero-order valence-corrected chi connectivity index (χ0v) is 15.9. The average molecular weight is 366 g/mol. The van der Waals surface area contributed by atoms with Crippen molar-refractivity contribution in [2.24, 2.45) is 0 Å². The molecule has 1 fully saturated rings. The van der Waals surface area contributed by atoms with Crippen molar-refractivity contribution in [3.05, 3.63) is 65.7 Å². The van der Waals surface area contributed by atoms with Gasteiger partial charge in [-0.25, -0.2) is 4.79 Å². The summed E-state index contributed by atoms with van der Waals surface area (Å²) in [6.07, 6.45) is 1.78. The molecule has 0 aliphatic carbocycles. The van der Waals surface area contributed by atoms with Gasteiger partial charge >= 0.3 is 6.09 Å². The molecular weight excluding hydrogens is 340 g/mol. The van der Waals surface area contributed by atoms with Crippen molar-refractivity contribution in [3.8, 4) is 0 Å². The molecule has 1 aliphatic heterocycles. The van der Waals surface area contributed by atoms with Crippen molar-refractivity contribution >= 4 is 17.7 Å². The third-order valence-corrected chi connectivity index (χ3v) is 5.20. The number of carbonyl (C=O) groups excluding carboxylic acids is 2. The van der Waals surface area contributed by atoms with Gasteiger partial charge in [0.1, 0.15) is 12.1 Å². The number of hydrogen-bond acceptors (Lipinski definition) is 3. The molecule has 5 heteroatoms. The van der Waals surface area contributed by atoms with E-state index in [1.54, 1.807) is 4.90 Å². The lowest BCUT2D eigenvalue weighted by Gasteiger charge is -2.33. The second-order valence-corrected chi connectivity index (χ2v) is 7.03. The van der Waals surface area contributed by atoms with Gasteiger partial charge in [-0.2, -0.15) is 0 Å². The van der Waals surface area contributed by atoms with Gasteiger partial charge in [0.05, 0.1) is 0 Å². The predicted molar refractivity (Wildman–Crippen MR) is 105 cm³/mol. The molecule has 0 saturated carbocycles. The number of ether oxygens (including phenoxy) is 1. The summed E-state index contributed by atoms with van der Waals surface area (Å²) in [4.78, 5) is 27.2. The highest BCUT2D eigenvalue weighted by atomic mass is 16.6. The Morgan fingerprint density at radius 3 is 2.56 bits per heavy atom. The Bertz CT molecular complexity index is 806. The molecule has 27 heavy (non-hydrogen) atoms. The summed E-state index contributed by atoms with van der Waals surface area (Å²) in [6.45, 7) is 4.59. The quantitative estimate of drug-likeness (QED) is 0.854. The van der Waals surface area contributed by atoms with E-state index in [1.165, 1.54) is 0 Å². The average Bonchev–Trinajstić information content (AvgIpc) is 3.10. The maximum atomic E-state index is 13.0. The van der Waals surface area contributed by atoms with Crippen molar-refractivity contribution in [3.63, 3.8) is 0 Å². The number of rotatable bonds is 5. The summed E-state index contributed by atoms with van der Waals surface area (Å²) in [6, 6.07) is 17.3. The van der Waals surface area contributed by atoms with Crippen molar-refractivity contribution in [2.75, 3.05) is 11.9 Å². The number of nitrogens with zero attached hydrogens (tertiary/aromatic N) is 1. The van der Waals surface area contributed by atoms with Crippen molar-refractivity contribution in [1.29, 1.82) is 0 Å². The number of benzene rings is 2. The summed E-state index contributed by atoms with van der Waals surface area (Å²) in [5, 5.41) is 3.01. The van der Waals surface area contributed by atoms with Gasteiger partial charge in [0, 0.05) is 12.2 Å². The minimum atomic E-state index is -0.908. The van der Waals surface area contributed by atoms with Gasteiger partial charge in [0.15, 0.2) is 0 Å². The van der Waals surface area contributed by atoms with E-state index in [1.807, 2.05) is 61.5 Å². The highest BCUT2D eigenvalue weighted by Gasteiger charge is 2.46. The third-order valence-electron chi connectivity index (χ3n) is 5.20. The Hall–Kier alpha value is -2.82. The van der Waals surface area contributed by atoms with Crippen LogP contribution in [0.2, 0.25) is 0 Å². The van der Waals surface area contributed by atoms with Gasteiger partial charge in [-0.05, 0) is 43.4 Å². The Kier molecular flexibility index (Phi) is 5.79. The summed E-state index contributed by atoms with van der Waals surface area (Å²) in [7, 11) is 0. The summed E-state index contributed by atoms with van der Waals surface area (Å²) in [5.41, 5.74) is 1.89. The van der Waals surface area contributed by atoms with Crippen LogP contribution in [-0.4, -0.2) is 29.0 Å². The van der Waals surface area contributed by atoms with Gasteiger partial charge in [-0.1, -0.05) is 55.5 Å². The lowest BCUT2D eigenvalue weighted by atomic mass is 9.97. The Balaban J connectivity index is 1.69. The SMILES string of the molecule is CCc1ccccc1NC(=O)C1(C)CCCN1C(=O)OCc1ccccc1. The predicted octanol–water partition coefficient (Wildman–Crippen LogP) is 4.38. The van der Waals surface area contributed by atoms with Crippen molar-refractivity contribution in [2.45, 2.75) is 45.3 Å². The number of hydrogen-bond donors (Lipinski definition) is 1. The molecule has 1 aliphatic rings. The molecule has 2 amide bonds. The first kappa shape index (κ1) is 19.0. The van der Waals surface area contributed by atoms with E-state index in [4.69, 9.17) is 4.74 Å². The first-order chi connectivity index (χ1) is 13.0. The molecule has 0 bridgehead atoms. The second kappa shape index (κ2) is 8.25. The molecule has 142 valence electrons. The summed E-state index contributed by atoms with van der Waals surface area (Å²) >= 11 is 0. The van der Waals surface area contributed by atoms with Gasteiger partial charge in [0.2, 0.25) is 5.91 Å². The van der Waals surface area contributed by atoms with E-state index in [0.717, 1.165) is 29.7 Å². The largest absolute Gasteiger partial charge is 0.445 e. The van der Waals surface area contributed by atoms with Crippen LogP contribution in [0.3, 0.4) is 0 Å². The van der Waals surface area contributed by atoms with Crippen LogP contribution >= 0.6 is 0 Å². The number of aryl methyl sites for hydroxylation is 1. The van der Waals surface area contributed by atoms with Crippen LogP contribution in [0.1, 0.15) is 37.8 Å². The van der Waals surface area contributed by atoms with Crippen molar-refractivity contribution in [1.82, 2.24) is 4.90 Å². The molecule has 5 nitrogen and oxygen atoms in total. The van der Waals surface area contributed by atoms with Crippen LogP contribution in [-0.2, 0) is 22.6 Å². The van der Waals surface area contributed by atoms with Gasteiger partial charge in [-0.15, -0.1) is 0 Å². The number of amides is 2. The maximum absolute atomic E-state index is 13.0. The molecule has 3 rings (SSSR count). The fourth-order valence-corrected chi connectivity index (χ4v) is 3.50. The van der Waals surface area contributed by atoms with E-state index >= 15 is 0 Å². The zero-order chi connectivity index (χ0) is 19.3. The molecule has 1 heterocycles. The minimum absolute atomic E-state index is 0.169. The molecular formula is C22H26N2O3. The van der Waals surface area contributed by atoms with Gasteiger partial charge < -0.3 is 10.1 Å². The van der Waals surface area contributed by atoms with Crippen LogP contribution in [0.25, 0.3) is 0 Å². The highest BCUT2D eigenvalue weighted by molar-refractivity contribution is 6.00. The highest BCUT2D eigenvalue weighted by Crippen LogP contribution is 2.31. The first-order valence-electron chi connectivity index (χ1n) is 9.42. The standard InChI is InChI=1S/C22H26N2O3/c1-3-18-12-7-8-13-19(18)23-20(25)22(2)14-9-15-24(22)21(26)27-16-17-10-5-4-6-11-17/h4-8,10-13H,3,9,14-16H2,1-2H3,(H,23,25). The number of likely N-dealkylation sites (tertiary alicyclic amines) is 1. The number of nitrogens with one attached hydrogen (secondary N) is 1. The maximum Gasteiger partial charge on any atom is 0.410 e. The fourth-order valence-electron chi connectivity index (χ4n) is 3.50. The van der Waals surface area contributed by atoms with Gasteiger partial charge in [0.25, 0.3) is 0 Å². The van der Waals surface area contributed by atoms with E-state index in [9.17, 15) is 9.59 Å². The third kappa shape index (κ3) is 4.13. The minimum Gasteiger partial charge on any atom is -0.445 e. The lowest BCUT2D eigenvalue weighted by molar-refractivity contribution is -0.125. The Morgan fingerprint density at radius 2 is 1.81 bits per heavy atom. The molecule has 2 aromatic rings. The van der Waals surface area contributed by atoms with Crippen LogP contribution < -0.4 is 5.32 Å². The number of carbonyl (C=O) groups is 2. The first-order valence-corrected chi connectivity index (χ1v) is 9.42. The van der Waals surface area contributed by atoms with Gasteiger partial charge in [-0.3, -0.25) is 9.69 Å². The van der Waals surface area contributed by atoms with Crippen molar-refractivity contribution < 1.29 is 14.3 Å². The second-order valence-electron chi connectivity index (χ2n) is 7.03. The Morgan fingerprint density at radius 1 is 1.11 bits per heavy atom. The van der Waals surface area contributed by atoms with E-state index in [0.29, 0.717) is 13.0 Å². The van der Waals surface area contributed by atoms with E-state index in [2.05, 4.69) is 12.2 Å². The molecule has 0 spiro atoms. The smallest absolute Gasteiger partial charge is 0.410 e. The van der Waals surface area contributed by atoms with Crippen LogP contribution in [0.4, 0.5) is 10.5 Å². The lowest BCUT2D eigenvalue weighted by Crippen LogP contribution is -2.53. The molecule has 1 N–H and O–H groups in total. The molecule has 1 saturated heterocycles. The zero-order valence-electron chi connectivity index (χ0n) is 15.9. The van der Waals surface area contributed by atoms with Crippen LogP contribution in [0.5, 0.6) is 0 Å². The monoisotopic (exact) mass is 366 g/mol. The molecule has 0 radical (unpaired) electrons. The topological polar surface area (TPSA) is 58.6 Å². The van der Waals surface area contributed by atoms with Crippen LogP contribution in [0, 0.1) is 0 Å². The molecule has 1 unspecified atom stereocenters. The fraction of sp³-hybridized carbons (Fsp3) is 0.364. The number of para-hydroxylation sites is 1. The molecule has 0 aromatic heterocycles. The number of anilines is 1. The normalized spacial score (nSPS) is 19.0. The Labute approximate surface area is 160 Å². The summed E-state index contributed by atoms with van der Waals surface area (Å²) < 4.78 is 5.46. The molecule has 1 atom stereocenters. The van der Waals surface area contributed by atoms with E-state index in [-0.39, 0.29) is 12.5 Å². The van der Waals surface area contributed by atoms with E-state index < -0.39 is 11.6 Å². The summed E-state index contributed by atoms with van der Waals surface area (Å²) in [5.74, 6) is -0.169. The van der Waals surface area contributed by atoms with Crippen LogP contribution in [0.15, 0.2) is 54.6 Å². The molecule has 2 aromatic carbocycles.